The Morgan fingerprint density at radius 3 is 2.73 bits per heavy atom. The molecule has 6 heteroatoms. The molecule has 2 aliphatic heterocycles. The fourth-order valence-corrected chi connectivity index (χ4v) is 3.77. The van der Waals surface area contributed by atoms with Crippen LogP contribution in [0.5, 0.6) is 0 Å². The Kier molecular flexibility index (Phi) is 7.91. The molecule has 2 amide bonds. The van der Waals surface area contributed by atoms with E-state index in [1.807, 2.05) is 12.1 Å². The lowest BCUT2D eigenvalue weighted by Crippen LogP contribution is -2.34. The smallest absolute Gasteiger partial charge is 0.227 e. The van der Waals surface area contributed by atoms with Gasteiger partial charge in [-0.15, -0.1) is 12.4 Å². The van der Waals surface area contributed by atoms with E-state index in [1.54, 1.807) is 4.90 Å². The van der Waals surface area contributed by atoms with E-state index in [2.05, 4.69) is 29.7 Å². The summed E-state index contributed by atoms with van der Waals surface area (Å²) in [6.07, 6.45) is 4.69. The highest BCUT2D eigenvalue weighted by Gasteiger charge is 2.35. The van der Waals surface area contributed by atoms with E-state index < -0.39 is 0 Å². The number of hydrogen-bond donors (Lipinski definition) is 2. The second-order valence-electron chi connectivity index (χ2n) is 7.26. The molecule has 2 heterocycles. The summed E-state index contributed by atoms with van der Waals surface area (Å²) in [6.45, 7) is 5.50. The largest absolute Gasteiger partial charge is 0.356 e. The standard InChI is InChI=1S/C20H29N3O2.ClH/c1-2-3-15-4-6-18(7-5-15)23-14-17(12-19(23)24)20(25)22-11-9-16-8-10-21-13-16;/h4-7,16-17,21H,2-3,8-14H2,1H3,(H,22,25);1H. The molecule has 1 aromatic carbocycles. The van der Waals surface area contributed by atoms with Gasteiger partial charge in [0.05, 0.1) is 5.92 Å². The second-order valence-corrected chi connectivity index (χ2v) is 7.26. The normalized spacial score (nSPS) is 22.3. The number of rotatable bonds is 7. The molecular weight excluding hydrogens is 350 g/mol. The van der Waals surface area contributed by atoms with Crippen LogP contribution >= 0.6 is 12.4 Å². The van der Waals surface area contributed by atoms with Crippen molar-refractivity contribution in [1.82, 2.24) is 10.6 Å². The summed E-state index contributed by atoms with van der Waals surface area (Å²) in [5, 5.41) is 6.37. The number of amides is 2. The van der Waals surface area contributed by atoms with Crippen molar-refractivity contribution >= 4 is 29.9 Å². The number of nitrogens with one attached hydrogen (secondary N) is 2. The molecule has 2 saturated heterocycles. The van der Waals surface area contributed by atoms with Gasteiger partial charge in [-0.2, -0.15) is 0 Å². The molecule has 0 spiro atoms. The summed E-state index contributed by atoms with van der Waals surface area (Å²) in [5.41, 5.74) is 2.19. The number of nitrogens with zero attached hydrogens (tertiary/aromatic N) is 1. The molecule has 0 radical (unpaired) electrons. The van der Waals surface area contributed by atoms with E-state index in [0.717, 1.165) is 38.0 Å². The molecule has 0 saturated carbocycles. The minimum Gasteiger partial charge on any atom is -0.356 e. The first kappa shape index (κ1) is 20.7. The molecule has 2 aliphatic rings. The van der Waals surface area contributed by atoms with Crippen molar-refractivity contribution in [3.8, 4) is 0 Å². The second kappa shape index (κ2) is 9.93. The fourth-order valence-electron chi connectivity index (χ4n) is 3.77. The zero-order valence-electron chi connectivity index (χ0n) is 15.5. The highest BCUT2D eigenvalue weighted by molar-refractivity contribution is 6.00. The number of anilines is 1. The van der Waals surface area contributed by atoms with Crippen LogP contribution in [0, 0.1) is 11.8 Å². The third kappa shape index (κ3) is 5.21. The maximum absolute atomic E-state index is 12.4. The van der Waals surface area contributed by atoms with Gasteiger partial charge in [-0.05, 0) is 56.0 Å². The fraction of sp³-hybridized carbons (Fsp3) is 0.600. The van der Waals surface area contributed by atoms with Crippen LogP contribution < -0.4 is 15.5 Å². The number of halogens is 1. The lowest BCUT2D eigenvalue weighted by Gasteiger charge is -2.17. The molecule has 2 fully saturated rings. The number of aryl methyl sites for hydroxylation is 1. The van der Waals surface area contributed by atoms with Gasteiger partial charge in [-0.3, -0.25) is 9.59 Å². The number of carbonyl (C=O) groups is 2. The molecule has 2 N–H and O–H groups in total. The van der Waals surface area contributed by atoms with Crippen molar-refractivity contribution in [2.45, 2.75) is 39.0 Å². The minimum absolute atomic E-state index is 0. The summed E-state index contributed by atoms with van der Waals surface area (Å²) in [4.78, 5) is 26.4. The lowest BCUT2D eigenvalue weighted by molar-refractivity contribution is -0.126. The van der Waals surface area contributed by atoms with Gasteiger partial charge in [0.15, 0.2) is 0 Å². The summed E-state index contributed by atoms with van der Waals surface area (Å²) in [6, 6.07) is 8.15. The van der Waals surface area contributed by atoms with E-state index in [1.165, 1.54) is 12.0 Å². The maximum Gasteiger partial charge on any atom is 0.227 e. The third-order valence-electron chi connectivity index (χ3n) is 5.30. The summed E-state index contributed by atoms with van der Waals surface area (Å²) in [5.74, 6) is 0.501. The van der Waals surface area contributed by atoms with Crippen molar-refractivity contribution < 1.29 is 9.59 Å². The quantitative estimate of drug-likeness (QED) is 0.765. The average Bonchev–Trinajstić information content (AvgIpc) is 3.26. The molecular formula is C20H30ClN3O2. The topological polar surface area (TPSA) is 61.4 Å². The Balaban J connectivity index is 0.00000243. The van der Waals surface area contributed by atoms with E-state index >= 15 is 0 Å². The van der Waals surface area contributed by atoms with Crippen LogP contribution in [-0.2, 0) is 16.0 Å². The minimum atomic E-state index is -0.232. The molecule has 2 unspecified atom stereocenters. The first-order valence-electron chi connectivity index (χ1n) is 9.55. The van der Waals surface area contributed by atoms with Crippen LogP contribution in [0.4, 0.5) is 5.69 Å². The maximum atomic E-state index is 12.4. The van der Waals surface area contributed by atoms with Crippen LogP contribution in [0.1, 0.15) is 38.2 Å². The van der Waals surface area contributed by atoms with Crippen molar-refractivity contribution in [3.05, 3.63) is 29.8 Å². The van der Waals surface area contributed by atoms with Gasteiger partial charge in [-0.25, -0.2) is 0 Å². The molecule has 3 rings (SSSR count). The lowest BCUT2D eigenvalue weighted by atomic mass is 10.0. The zero-order chi connectivity index (χ0) is 17.6. The van der Waals surface area contributed by atoms with Gasteiger partial charge in [-0.1, -0.05) is 25.5 Å². The Labute approximate surface area is 162 Å². The van der Waals surface area contributed by atoms with Crippen LogP contribution in [0.25, 0.3) is 0 Å². The first-order valence-corrected chi connectivity index (χ1v) is 9.55. The van der Waals surface area contributed by atoms with Crippen molar-refractivity contribution in [1.29, 1.82) is 0 Å². The van der Waals surface area contributed by atoms with Gasteiger partial charge in [0.2, 0.25) is 11.8 Å². The highest BCUT2D eigenvalue weighted by atomic mass is 35.5. The Morgan fingerprint density at radius 2 is 2.08 bits per heavy atom. The van der Waals surface area contributed by atoms with Crippen LogP contribution in [0.3, 0.4) is 0 Å². The Morgan fingerprint density at radius 1 is 1.31 bits per heavy atom. The molecule has 0 bridgehead atoms. The van der Waals surface area contributed by atoms with Gasteiger partial charge in [0.1, 0.15) is 0 Å². The number of benzene rings is 1. The predicted molar refractivity (Wildman–Crippen MR) is 107 cm³/mol. The van der Waals surface area contributed by atoms with Gasteiger partial charge in [0.25, 0.3) is 0 Å². The zero-order valence-corrected chi connectivity index (χ0v) is 16.3. The van der Waals surface area contributed by atoms with Gasteiger partial charge in [0, 0.05) is 25.2 Å². The molecule has 26 heavy (non-hydrogen) atoms. The van der Waals surface area contributed by atoms with Crippen LogP contribution in [0.2, 0.25) is 0 Å². The SMILES string of the molecule is CCCc1ccc(N2CC(C(=O)NCCC3CCNC3)CC2=O)cc1.Cl. The van der Waals surface area contributed by atoms with Gasteiger partial charge >= 0.3 is 0 Å². The predicted octanol–water partition coefficient (Wildman–Crippen LogP) is 2.53. The van der Waals surface area contributed by atoms with Gasteiger partial charge < -0.3 is 15.5 Å². The van der Waals surface area contributed by atoms with E-state index in [9.17, 15) is 9.59 Å². The number of hydrogen-bond acceptors (Lipinski definition) is 3. The molecule has 1 aromatic rings. The molecule has 144 valence electrons. The molecule has 0 aromatic heterocycles. The Hall–Kier alpha value is -1.59. The summed E-state index contributed by atoms with van der Waals surface area (Å²) >= 11 is 0. The first-order chi connectivity index (χ1) is 12.2. The van der Waals surface area contributed by atoms with E-state index in [0.29, 0.717) is 25.4 Å². The molecule has 5 nitrogen and oxygen atoms in total. The van der Waals surface area contributed by atoms with E-state index in [-0.39, 0.29) is 30.1 Å². The summed E-state index contributed by atoms with van der Waals surface area (Å²) in [7, 11) is 0. The molecule has 2 atom stereocenters. The number of carbonyl (C=O) groups excluding carboxylic acids is 2. The van der Waals surface area contributed by atoms with Crippen molar-refractivity contribution in [2.75, 3.05) is 31.1 Å². The van der Waals surface area contributed by atoms with Crippen LogP contribution in [0.15, 0.2) is 24.3 Å². The van der Waals surface area contributed by atoms with Crippen molar-refractivity contribution in [2.24, 2.45) is 11.8 Å². The third-order valence-corrected chi connectivity index (χ3v) is 5.30. The van der Waals surface area contributed by atoms with Crippen molar-refractivity contribution in [3.63, 3.8) is 0 Å². The Bertz CT molecular complexity index is 600. The van der Waals surface area contributed by atoms with E-state index in [4.69, 9.17) is 0 Å². The molecule has 0 aliphatic carbocycles. The monoisotopic (exact) mass is 379 g/mol. The van der Waals surface area contributed by atoms with Crippen LogP contribution in [-0.4, -0.2) is 38.0 Å². The highest BCUT2D eigenvalue weighted by Crippen LogP contribution is 2.26. The average molecular weight is 380 g/mol. The summed E-state index contributed by atoms with van der Waals surface area (Å²) < 4.78 is 0.